The Kier molecular flexibility index (Phi) is 5.48. The molecule has 2 aromatic carbocycles. The first-order valence-corrected chi connectivity index (χ1v) is 6.80. The second kappa shape index (κ2) is 7.81. The molecule has 0 aromatic heterocycles. The van der Waals surface area contributed by atoms with Crippen LogP contribution in [0.2, 0.25) is 0 Å². The van der Waals surface area contributed by atoms with Gasteiger partial charge in [0.1, 0.15) is 30.5 Å². The topological polar surface area (TPSA) is 51.5 Å². The number of nitrogens with zero attached hydrogens (tertiary/aromatic N) is 1. The van der Waals surface area contributed by atoms with Gasteiger partial charge in [-0.1, -0.05) is 6.07 Å². The normalized spacial score (nSPS) is 9.71. The summed E-state index contributed by atoms with van der Waals surface area (Å²) in [5, 5.41) is 8.80. The van der Waals surface area contributed by atoms with Crippen molar-refractivity contribution in [3.8, 4) is 23.3 Å². The van der Waals surface area contributed by atoms with Crippen molar-refractivity contribution in [1.82, 2.24) is 0 Å². The van der Waals surface area contributed by atoms with Crippen molar-refractivity contribution < 1.29 is 14.2 Å². The lowest BCUT2D eigenvalue weighted by molar-refractivity contribution is 0.217. The van der Waals surface area contributed by atoms with Crippen LogP contribution < -0.4 is 14.2 Å². The molecule has 0 spiro atoms. The predicted molar refractivity (Wildman–Crippen MR) is 79.8 cm³/mol. The molecule has 2 aromatic rings. The average Bonchev–Trinajstić information content (AvgIpc) is 2.53. The minimum absolute atomic E-state index is 0.419. The van der Waals surface area contributed by atoms with Gasteiger partial charge in [0.05, 0.1) is 18.2 Å². The Bertz CT molecular complexity index is 602. The number of hydrogen-bond donors (Lipinski definition) is 0. The maximum absolute atomic E-state index is 8.80. The van der Waals surface area contributed by atoms with Gasteiger partial charge in [0.25, 0.3) is 0 Å². The first-order chi connectivity index (χ1) is 10.3. The lowest BCUT2D eigenvalue weighted by Gasteiger charge is -2.09. The summed E-state index contributed by atoms with van der Waals surface area (Å²) in [5.74, 6) is 2.27. The van der Waals surface area contributed by atoms with E-state index in [1.807, 2.05) is 37.3 Å². The molecule has 4 heteroatoms. The molecule has 0 atom stereocenters. The van der Waals surface area contributed by atoms with E-state index in [4.69, 9.17) is 19.5 Å². The molecule has 0 saturated carbocycles. The van der Waals surface area contributed by atoms with Crippen molar-refractivity contribution in [2.45, 2.75) is 6.92 Å². The molecule has 0 aliphatic heterocycles. The second-order valence-corrected chi connectivity index (χ2v) is 4.24. The van der Waals surface area contributed by atoms with Crippen molar-refractivity contribution in [2.24, 2.45) is 0 Å². The summed E-state index contributed by atoms with van der Waals surface area (Å²) in [7, 11) is 0. The summed E-state index contributed by atoms with van der Waals surface area (Å²) in [6.45, 7) is 3.45. The molecule has 0 heterocycles. The van der Waals surface area contributed by atoms with Crippen molar-refractivity contribution in [3.05, 3.63) is 54.1 Å². The van der Waals surface area contributed by atoms with Gasteiger partial charge in [-0.25, -0.2) is 0 Å². The van der Waals surface area contributed by atoms with E-state index in [9.17, 15) is 0 Å². The van der Waals surface area contributed by atoms with E-state index in [2.05, 4.69) is 6.07 Å². The van der Waals surface area contributed by atoms with Crippen LogP contribution in [-0.2, 0) is 0 Å². The summed E-state index contributed by atoms with van der Waals surface area (Å²) in [6.07, 6.45) is 0. The molecular weight excluding hydrogens is 266 g/mol. The van der Waals surface area contributed by atoms with E-state index in [1.54, 1.807) is 18.2 Å². The fraction of sp³-hybridized carbons (Fsp3) is 0.235. The minimum Gasteiger partial charge on any atom is -0.494 e. The molecule has 0 N–H and O–H groups in total. The third kappa shape index (κ3) is 4.73. The molecule has 2 rings (SSSR count). The van der Waals surface area contributed by atoms with E-state index in [0.29, 0.717) is 31.1 Å². The molecule has 0 aliphatic rings. The van der Waals surface area contributed by atoms with Crippen molar-refractivity contribution >= 4 is 0 Å². The van der Waals surface area contributed by atoms with E-state index in [-0.39, 0.29) is 0 Å². The van der Waals surface area contributed by atoms with E-state index in [1.165, 1.54) is 0 Å². The zero-order chi connectivity index (χ0) is 14.9. The Morgan fingerprint density at radius 3 is 2.10 bits per heavy atom. The zero-order valence-corrected chi connectivity index (χ0v) is 11.9. The van der Waals surface area contributed by atoms with Crippen LogP contribution >= 0.6 is 0 Å². The van der Waals surface area contributed by atoms with Crippen molar-refractivity contribution in [1.29, 1.82) is 5.26 Å². The van der Waals surface area contributed by atoms with Crippen LogP contribution in [-0.4, -0.2) is 19.8 Å². The van der Waals surface area contributed by atoms with Crippen molar-refractivity contribution in [3.63, 3.8) is 0 Å². The van der Waals surface area contributed by atoms with Gasteiger partial charge in [0.15, 0.2) is 0 Å². The number of ether oxygens (including phenoxy) is 3. The largest absolute Gasteiger partial charge is 0.494 e. The van der Waals surface area contributed by atoms with Crippen LogP contribution in [0.15, 0.2) is 48.5 Å². The highest BCUT2D eigenvalue weighted by atomic mass is 16.5. The number of nitriles is 1. The van der Waals surface area contributed by atoms with Crippen LogP contribution in [0.25, 0.3) is 0 Å². The molecule has 0 unspecified atom stereocenters. The molecule has 0 bridgehead atoms. The minimum atomic E-state index is 0.419. The van der Waals surface area contributed by atoms with Gasteiger partial charge in [-0.2, -0.15) is 5.26 Å². The quantitative estimate of drug-likeness (QED) is 0.731. The summed E-state index contributed by atoms with van der Waals surface area (Å²) in [6, 6.07) is 16.6. The molecule has 0 saturated heterocycles. The number of benzene rings is 2. The fourth-order valence-corrected chi connectivity index (χ4v) is 1.77. The van der Waals surface area contributed by atoms with Crippen LogP contribution in [0.4, 0.5) is 0 Å². The van der Waals surface area contributed by atoms with E-state index in [0.717, 1.165) is 11.5 Å². The molecule has 0 aliphatic carbocycles. The monoisotopic (exact) mass is 283 g/mol. The highest BCUT2D eigenvalue weighted by Crippen LogP contribution is 2.17. The Labute approximate surface area is 124 Å². The van der Waals surface area contributed by atoms with Gasteiger partial charge in [0.2, 0.25) is 0 Å². The van der Waals surface area contributed by atoms with Gasteiger partial charge in [-0.3, -0.25) is 0 Å². The molecule has 21 heavy (non-hydrogen) atoms. The molecule has 0 fully saturated rings. The van der Waals surface area contributed by atoms with E-state index >= 15 is 0 Å². The SMILES string of the molecule is CCOc1ccc(OCCOc2cccc(C#N)c2)cc1. The lowest BCUT2D eigenvalue weighted by Crippen LogP contribution is -2.09. The maximum atomic E-state index is 8.80. The smallest absolute Gasteiger partial charge is 0.122 e. The Morgan fingerprint density at radius 1 is 0.857 bits per heavy atom. The van der Waals surface area contributed by atoms with Crippen LogP contribution in [0.1, 0.15) is 12.5 Å². The third-order valence-corrected chi connectivity index (χ3v) is 2.72. The van der Waals surface area contributed by atoms with Gasteiger partial charge in [-0.15, -0.1) is 0 Å². The molecular formula is C17H17NO3. The Balaban J connectivity index is 1.75. The van der Waals surface area contributed by atoms with Gasteiger partial charge in [0, 0.05) is 0 Å². The Hall–Kier alpha value is -2.67. The highest BCUT2D eigenvalue weighted by molar-refractivity contribution is 5.36. The summed E-state index contributed by atoms with van der Waals surface area (Å²) in [5.41, 5.74) is 0.583. The van der Waals surface area contributed by atoms with Crippen LogP contribution in [0.3, 0.4) is 0 Å². The summed E-state index contributed by atoms with van der Waals surface area (Å²) in [4.78, 5) is 0. The Morgan fingerprint density at radius 2 is 1.48 bits per heavy atom. The predicted octanol–water partition coefficient (Wildman–Crippen LogP) is 3.41. The van der Waals surface area contributed by atoms with Crippen LogP contribution in [0, 0.1) is 11.3 Å². The second-order valence-electron chi connectivity index (χ2n) is 4.24. The van der Waals surface area contributed by atoms with Crippen LogP contribution in [0.5, 0.6) is 17.2 Å². The zero-order valence-electron chi connectivity index (χ0n) is 11.9. The maximum Gasteiger partial charge on any atom is 0.122 e. The summed E-state index contributed by atoms with van der Waals surface area (Å²) >= 11 is 0. The van der Waals surface area contributed by atoms with Gasteiger partial charge in [-0.05, 0) is 49.4 Å². The van der Waals surface area contributed by atoms with Gasteiger partial charge < -0.3 is 14.2 Å². The average molecular weight is 283 g/mol. The number of hydrogen-bond acceptors (Lipinski definition) is 4. The van der Waals surface area contributed by atoms with E-state index < -0.39 is 0 Å². The third-order valence-electron chi connectivity index (χ3n) is 2.72. The molecule has 4 nitrogen and oxygen atoms in total. The van der Waals surface area contributed by atoms with Crippen molar-refractivity contribution in [2.75, 3.05) is 19.8 Å². The molecule has 0 amide bonds. The fourth-order valence-electron chi connectivity index (χ4n) is 1.77. The standard InChI is InChI=1S/C17H17NO3/c1-2-19-15-6-8-16(9-7-15)20-10-11-21-17-5-3-4-14(12-17)13-18/h3-9,12H,2,10-11H2,1H3. The molecule has 108 valence electrons. The molecule has 0 radical (unpaired) electrons. The summed E-state index contributed by atoms with van der Waals surface area (Å²) < 4.78 is 16.5. The number of rotatable bonds is 7. The highest BCUT2D eigenvalue weighted by Gasteiger charge is 1.98. The first kappa shape index (κ1) is 14.7. The van der Waals surface area contributed by atoms with Gasteiger partial charge >= 0.3 is 0 Å². The first-order valence-electron chi connectivity index (χ1n) is 6.80. The lowest BCUT2D eigenvalue weighted by atomic mass is 10.2.